The van der Waals surface area contributed by atoms with Crippen molar-refractivity contribution in [3.05, 3.63) is 24.5 Å². The molecule has 0 radical (unpaired) electrons. The highest BCUT2D eigenvalue weighted by atomic mass is 16.6. The van der Waals surface area contributed by atoms with Gasteiger partial charge in [0.25, 0.3) is 5.91 Å². The number of carbonyl (C=O) groups excluding carboxylic acids is 2. The second kappa shape index (κ2) is 10.0. The molecule has 1 atom stereocenters. The Labute approximate surface area is 188 Å². The van der Waals surface area contributed by atoms with Gasteiger partial charge in [-0.3, -0.25) is 9.48 Å². The van der Waals surface area contributed by atoms with Crippen molar-refractivity contribution in [1.29, 1.82) is 0 Å². The number of ether oxygens (including phenoxy) is 1. The summed E-state index contributed by atoms with van der Waals surface area (Å²) in [6.45, 7) is 5.58. The van der Waals surface area contributed by atoms with Crippen LogP contribution in [-0.4, -0.2) is 43.5 Å². The molecule has 1 aliphatic rings. The van der Waals surface area contributed by atoms with Crippen molar-refractivity contribution in [3.63, 3.8) is 0 Å². The zero-order valence-corrected chi connectivity index (χ0v) is 19.2. The summed E-state index contributed by atoms with van der Waals surface area (Å²) in [5, 5.41) is 19.5. The van der Waals surface area contributed by atoms with E-state index in [0.29, 0.717) is 17.1 Å². The van der Waals surface area contributed by atoms with Gasteiger partial charge in [0.15, 0.2) is 11.9 Å². The Morgan fingerprint density at radius 2 is 1.84 bits per heavy atom. The summed E-state index contributed by atoms with van der Waals surface area (Å²) in [6.07, 6.45) is 7.39. The largest absolute Gasteiger partial charge is 0.504 e. The SMILES string of the molecule is Cn1ncc(O)c1-c1ccc(NC(=O)[C@@H](OC(=O)NC(C)(C)C)C2CCCCCC2)nc1. The van der Waals surface area contributed by atoms with E-state index in [4.69, 9.17) is 4.74 Å². The lowest BCUT2D eigenvalue weighted by molar-refractivity contribution is -0.127. The Balaban J connectivity index is 1.74. The van der Waals surface area contributed by atoms with E-state index < -0.39 is 17.7 Å². The molecule has 0 bridgehead atoms. The Kier molecular flexibility index (Phi) is 7.37. The van der Waals surface area contributed by atoms with Gasteiger partial charge in [0.2, 0.25) is 0 Å². The molecule has 0 saturated heterocycles. The fourth-order valence-electron chi connectivity index (χ4n) is 3.99. The molecule has 2 aromatic rings. The number of alkyl carbamates (subject to hydrolysis) is 1. The summed E-state index contributed by atoms with van der Waals surface area (Å²) in [5.41, 5.74) is 0.742. The third-order valence-corrected chi connectivity index (χ3v) is 5.51. The van der Waals surface area contributed by atoms with Gasteiger partial charge < -0.3 is 20.5 Å². The van der Waals surface area contributed by atoms with E-state index in [0.717, 1.165) is 38.5 Å². The fraction of sp³-hybridized carbons (Fsp3) is 0.565. The van der Waals surface area contributed by atoms with E-state index in [-0.39, 0.29) is 17.6 Å². The van der Waals surface area contributed by atoms with Gasteiger partial charge >= 0.3 is 6.09 Å². The fourth-order valence-corrected chi connectivity index (χ4v) is 3.99. The molecule has 3 N–H and O–H groups in total. The van der Waals surface area contributed by atoms with Crippen LogP contribution in [0.3, 0.4) is 0 Å². The first kappa shape index (κ1) is 23.6. The summed E-state index contributed by atoms with van der Waals surface area (Å²) in [6, 6.07) is 3.40. The first-order chi connectivity index (χ1) is 15.1. The number of nitrogens with one attached hydrogen (secondary N) is 2. The Hall–Kier alpha value is -3.10. The van der Waals surface area contributed by atoms with Gasteiger partial charge in [-0.25, -0.2) is 9.78 Å². The number of carbonyl (C=O) groups is 2. The number of anilines is 1. The zero-order valence-electron chi connectivity index (χ0n) is 19.2. The molecule has 9 heteroatoms. The van der Waals surface area contributed by atoms with Crippen LogP contribution in [0.25, 0.3) is 11.3 Å². The van der Waals surface area contributed by atoms with Crippen LogP contribution in [0, 0.1) is 5.92 Å². The Morgan fingerprint density at radius 1 is 1.16 bits per heavy atom. The van der Waals surface area contributed by atoms with E-state index in [2.05, 4.69) is 20.7 Å². The van der Waals surface area contributed by atoms with E-state index >= 15 is 0 Å². The van der Waals surface area contributed by atoms with Crippen molar-refractivity contribution in [2.75, 3.05) is 5.32 Å². The van der Waals surface area contributed by atoms with Crippen LogP contribution in [0.5, 0.6) is 5.75 Å². The molecule has 1 saturated carbocycles. The van der Waals surface area contributed by atoms with E-state index in [9.17, 15) is 14.7 Å². The lowest BCUT2D eigenvalue weighted by Crippen LogP contribution is -2.46. The Bertz CT molecular complexity index is 905. The topological polar surface area (TPSA) is 118 Å². The van der Waals surface area contributed by atoms with Crippen molar-refractivity contribution in [3.8, 4) is 17.0 Å². The number of aromatic hydroxyl groups is 1. The molecule has 32 heavy (non-hydrogen) atoms. The van der Waals surface area contributed by atoms with Crippen molar-refractivity contribution in [1.82, 2.24) is 20.1 Å². The van der Waals surface area contributed by atoms with Crippen LogP contribution in [0.1, 0.15) is 59.3 Å². The Morgan fingerprint density at radius 3 is 2.38 bits per heavy atom. The third-order valence-electron chi connectivity index (χ3n) is 5.51. The highest BCUT2D eigenvalue weighted by Crippen LogP contribution is 2.30. The van der Waals surface area contributed by atoms with Gasteiger partial charge in [-0.2, -0.15) is 5.10 Å². The number of pyridine rings is 1. The summed E-state index contributed by atoms with van der Waals surface area (Å²) in [4.78, 5) is 29.9. The molecule has 3 rings (SSSR count). The van der Waals surface area contributed by atoms with Crippen LogP contribution in [-0.2, 0) is 16.6 Å². The van der Waals surface area contributed by atoms with E-state index in [1.54, 1.807) is 30.1 Å². The van der Waals surface area contributed by atoms with Crippen LogP contribution in [0.2, 0.25) is 0 Å². The smallest absolute Gasteiger partial charge is 0.408 e. The predicted molar refractivity (Wildman–Crippen MR) is 121 cm³/mol. The maximum absolute atomic E-state index is 13.1. The van der Waals surface area contributed by atoms with Crippen molar-refractivity contribution in [2.24, 2.45) is 13.0 Å². The summed E-state index contributed by atoms with van der Waals surface area (Å²) in [5.74, 6) is -0.0184. The summed E-state index contributed by atoms with van der Waals surface area (Å²) < 4.78 is 7.19. The van der Waals surface area contributed by atoms with Gasteiger partial charge in [0.05, 0.1) is 6.20 Å². The summed E-state index contributed by atoms with van der Waals surface area (Å²) in [7, 11) is 1.72. The number of hydrogen-bond donors (Lipinski definition) is 3. The van der Waals surface area contributed by atoms with Crippen LogP contribution < -0.4 is 10.6 Å². The van der Waals surface area contributed by atoms with Crippen molar-refractivity contribution >= 4 is 17.8 Å². The molecule has 0 spiro atoms. The number of nitrogens with zero attached hydrogens (tertiary/aromatic N) is 3. The molecule has 1 fully saturated rings. The zero-order chi connectivity index (χ0) is 23.3. The summed E-state index contributed by atoms with van der Waals surface area (Å²) >= 11 is 0. The minimum Gasteiger partial charge on any atom is -0.504 e. The second-order valence-corrected chi connectivity index (χ2v) is 9.38. The monoisotopic (exact) mass is 443 g/mol. The quantitative estimate of drug-likeness (QED) is 0.601. The molecule has 2 amide bonds. The number of amides is 2. The highest BCUT2D eigenvalue weighted by molar-refractivity contribution is 5.95. The van der Waals surface area contributed by atoms with E-state index in [1.807, 2.05) is 20.8 Å². The van der Waals surface area contributed by atoms with Crippen molar-refractivity contribution in [2.45, 2.75) is 70.9 Å². The lowest BCUT2D eigenvalue weighted by atomic mass is 9.93. The van der Waals surface area contributed by atoms with Crippen molar-refractivity contribution < 1.29 is 19.4 Å². The second-order valence-electron chi connectivity index (χ2n) is 9.38. The molecular formula is C23H33N5O4. The number of hydrogen-bond acceptors (Lipinski definition) is 6. The van der Waals surface area contributed by atoms with Gasteiger partial charge in [0, 0.05) is 30.3 Å². The van der Waals surface area contributed by atoms with Gasteiger partial charge in [-0.1, -0.05) is 25.7 Å². The van der Waals surface area contributed by atoms with Gasteiger partial charge in [0.1, 0.15) is 11.5 Å². The average Bonchev–Trinajstić information content (AvgIpc) is 2.91. The number of rotatable bonds is 5. The molecular weight excluding hydrogens is 410 g/mol. The number of aromatic nitrogens is 3. The highest BCUT2D eigenvalue weighted by Gasteiger charge is 2.33. The van der Waals surface area contributed by atoms with Gasteiger partial charge in [-0.15, -0.1) is 0 Å². The molecule has 0 unspecified atom stereocenters. The van der Waals surface area contributed by atoms with Crippen LogP contribution in [0.4, 0.5) is 10.6 Å². The normalized spacial score (nSPS) is 16.1. The predicted octanol–water partition coefficient (Wildman–Crippen LogP) is 3.99. The lowest BCUT2D eigenvalue weighted by Gasteiger charge is -2.27. The molecule has 2 heterocycles. The molecule has 9 nitrogen and oxygen atoms in total. The van der Waals surface area contributed by atoms with Crippen LogP contribution >= 0.6 is 0 Å². The maximum atomic E-state index is 13.1. The number of aryl methyl sites for hydroxylation is 1. The molecule has 0 aromatic carbocycles. The minimum absolute atomic E-state index is 0.0334. The van der Waals surface area contributed by atoms with Crippen LogP contribution in [0.15, 0.2) is 24.5 Å². The van der Waals surface area contributed by atoms with Gasteiger partial charge in [-0.05, 0) is 45.7 Å². The maximum Gasteiger partial charge on any atom is 0.408 e. The molecule has 174 valence electrons. The average molecular weight is 444 g/mol. The standard InChI is InChI=1S/C23H33N5O4/c1-23(2,3)27-22(31)32-20(15-9-7-5-6-8-10-15)21(30)26-18-12-11-16(13-24-18)19-17(29)14-25-28(19)4/h11-15,20,29H,5-10H2,1-4H3,(H,27,31)(H,24,26,30)/t20-/m0/s1. The third kappa shape index (κ3) is 6.21. The molecule has 2 aromatic heterocycles. The molecule has 1 aliphatic carbocycles. The minimum atomic E-state index is -0.891. The first-order valence-corrected chi connectivity index (χ1v) is 11.1. The first-order valence-electron chi connectivity index (χ1n) is 11.1. The van der Waals surface area contributed by atoms with E-state index in [1.165, 1.54) is 6.20 Å². The molecule has 0 aliphatic heterocycles.